The molecule has 0 aliphatic heterocycles. The van der Waals surface area contributed by atoms with Crippen molar-refractivity contribution < 1.29 is 23.8 Å². The molecule has 0 aliphatic rings. The third-order valence-corrected chi connectivity index (χ3v) is 6.86. The summed E-state index contributed by atoms with van der Waals surface area (Å²) in [7, 11) is 3.03. The lowest BCUT2D eigenvalue weighted by atomic mass is 9.96. The second-order valence-electron chi connectivity index (χ2n) is 9.13. The van der Waals surface area contributed by atoms with Crippen LogP contribution >= 0.6 is 11.6 Å². The largest absolute Gasteiger partial charge is 0.506 e. The number of aromatic amines is 1. The summed E-state index contributed by atoms with van der Waals surface area (Å²) in [6.45, 7) is 3.56. The van der Waals surface area contributed by atoms with E-state index in [1.165, 1.54) is 21.1 Å². The SMILES string of the molecule is CCCCc1[nH]c(=O)c(-c2nnc(C(CNC(C)=O)c3ccccc3Cl)o2)c(O)c1-c1c(OC)cccc1OC. The third-order valence-electron chi connectivity index (χ3n) is 6.51. The molecule has 2 heterocycles. The number of amides is 1. The number of rotatable bonds is 11. The number of hydrogen-bond acceptors (Lipinski definition) is 8. The van der Waals surface area contributed by atoms with E-state index < -0.39 is 11.5 Å². The Kier molecular flexibility index (Phi) is 9.11. The second kappa shape index (κ2) is 12.7. The maximum absolute atomic E-state index is 13.4. The van der Waals surface area contributed by atoms with E-state index in [-0.39, 0.29) is 35.5 Å². The summed E-state index contributed by atoms with van der Waals surface area (Å²) in [6, 6.07) is 12.3. The van der Waals surface area contributed by atoms with Crippen LogP contribution in [0.15, 0.2) is 51.7 Å². The molecule has 210 valence electrons. The van der Waals surface area contributed by atoms with Gasteiger partial charge in [-0.05, 0) is 36.6 Å². The average molecular weight is 567 g/mol. The van der Waals surface area contributed by atoms with Crippen LogP contribution < -0.4 is 20.3 Å². The Labute approximate surface area is 236 Å². The molecule has 40 heavy (non-hydrogen) atoms. The molecule has 0 saturated heterocycles. The lowest BCUT2D eigenvalue weighted by Gasteiger charge is -2.18. The zero-order valence-corrected chi connectivity index (χ0v) is 23.5. The van der Waals surface area contributed by atoms with Gasteiger partial charge in [-0.1, -0.05) is 49.2 Å². The molecule has 0 radical (unpaired) electrons. The summed E-state index contributed by atoms with van der Waals surface area (Å²) in [5.41, 5.74) is 1.22. The highest BCUT2D eigenvalue weighted by Crippen LogP contribution is 2.46. The minimum Gasteiger partial charge on any atom is -0.506 e. The van der Waals surface area contributed by atoms with E-state index in [0.717, 1.165) is 12.8 Å². The smallest absolute Gasteiger partial charge is 0.264 e. The van der Waals surface area contributed by atoms with Crippen LogP contribution in [0.4, 0.5) is 0 Å². The van der Waals surface area contributed by atoms with E-state index >= 15 is 0 Å². The van der Waals surface area contributed by atoms with Crippen molar-refractivity contribution in [3.05, 3.63) is 75.0 Å². The molecule has 0 aliphatic carbocycles. The van der Waals surface area contributed by atoms with Crippen molar-refractivity contribution in [2.45, 2.75) is 39.0 Å². The van der Waals surface area contributed by atoms with Crippen LogP contribution in [0.2, 0.25) is 5.02 Å². The number of aryl methyl sites for hydroxylation is 1. The Bertz CT molecular complexity index is 1540. The molecule has 3 N–H and O–H groups in total. The fourth-order valence-electron chi connectivity index (χ4n) is 4.55. The molecule has 4 rings (SSSR count). The number of H-pyrrole nitrogens is 1. The molecule has 2 aromatic carbocycles. The number of nitrogens with one attached hydrogen (secondary N) is 2. The number of pyridine rings is 1. The fraction of sp³-hybridized carbons (Fsp3) is 0.310. The Morgan fingerprint density at radius 3 is 2.40 bits per heavy atom. The molecule has 1 unspecified atom stereocenters. The quantitative estimate of drug-likeness (QED) is 0.228. The van der Waals surface area contributed by atoms with Crippen molar-refractivity contribution in [2.24, 2.45) is 0 Å². The van der Waals surface area contributed by atoms with Gasteiger partial charge in [0.1, 0.15) is 22.8 Å². The first-order valence-corrected chi connectivity index (χ1v) is 13.2. The summed E-state index contributed by atoms with van der Waals surface area (Å²) in [6.07, 6.45) is 2.14. The molecule has 0 saturated carbocycles. The van der Waals surface area contributed by atoms with Crippen LogP contribution in [0.5, 0.6) is 17.2 Å². The lowest BCUT2D eigenvalue weighted by molar-refractivity contribution is -0.119. The highest BCUT2D eigenvalue weighted by atomic mass is 35.5. The first-order chi connectivity index (χ1) is 19.3. The van der Waals surface area contributed by atoms with E-state index in [4.69, 9.17) is 25.5 Å². The molecular formula is C29H31ClN4O6. The highest BCUT2D eigenvalue weighted by molar-refractivity contribution is 6.31. The molecular weight excluding hydrogens is 536 g/mol. The number of halogens is 1. The maximum atomic E-state index is 13.4. The number of benzene rings is 2. The Balaban J connectivity index is 1.90. The number of carbonyl (C=O) groups is 1. The van der Waals surface area contributed by atoms with Gasteiger partial charge in [0.2, 0.25) is 11.8 Å². The minimum absolute atomic E-state index is 0.113. The van der Waals surface area contributed by atoms with E-state index in [2.05, 4.69) is 20.5 Å². The Morgan fingerprint density at radius 2 is 1.77 bits per heavy atom. The van der Waals surface area contributed by atoms with Gasteiger partial charge in [0, 0.05) is 24.2 Å². The molecule has 10 nitrogen and oxygen atoms in total. The minimum atomic E-state index is -0.599. The zero-order chi connectivity index (χ0) is 28.8. The summed E-state index contributed by atoms with van der Waals surface area (Å²) < 4.78 is 17.2. The number of aromatic nitrogens is 3. The van der Waals surface area contributed by atoms with E-state index in [0.29, 0.717) is 45.3 Å². The summed E-state index contributed by atoms with van der Waals surface area (Å²) >= 11 is 6.44. The predicted molar refractivity (Wildman–Crippen MR) is 151 cm³/mol. The van der Waals surface area contributed by atoms with Gasteiger partial charge in [-0.2, -0.15) is 0 Å². The van der Waals surface area contributed by atoms with Crippen LogP contribution in [0.1, 0.15) is 49.8 Å². The van der Waals surface area contributed by atoms with Gasteiger partial charge in [-0.3, -0.25) is 9.59 Å². The molecule has 0 fully saturated rings. The molecule has 2 aromatic heterocycles. The van der Waals surface area contributed by atoms with E-state index in [9.17, 15) is 14.7 Å². The first-order valence-electron chi connectivity index (χ1n) is 12.8. The van der Waals surface area contributed by atoms with Gasteiger partial charge in [0.25, 0.3) is 11.4 Å². The monoisotopic (exact) mass is 566 g/mol. The molecule has 4 aromatic rings. The van der Waals surface area contributed by atoms with E-state index in [1.54, 1.807) is 42.5 Å². The van der Waals surface area contributed by atoms with Crippen LogP contribution in [-0.2, 0) is 11.2 Å². The zero-order valence-electron chi connectivity index (χ0n) is 22.7. The van der Waals surface area contributed by atoms with Crippen LogP contribution in [0.3, 0.4) is 0 Å². The lowest BCUT2D eigenvalue weighted by Crippen LogP contribution is -2.26. The molecule has 0 spiro atoms. The fourth-order valence-corrected chi connectivity index (χ4v) is 4.82. The van der Waals surface area contributed by atoms with Crippen molar-refractivity contribution >= 4 is 17.5 Å². The predicted octanol–water partition coefficient (Wildman–Crippen LogP) is 5.08. The number of ether oxygens (including phenoxy) is 2. The number of nitrogens with zero attached hydrogens (tertiary/aromatic N) is 2. The topological polar surface area (TPSA) is 140 Å². The summed E-state index contributed by atoms with van der Waals surface area (Å²) in [4.78, 5) is 27.9. The summed E-state index contributed by atoms with van der Waals surface area (Å²) in [5, 5.41) is 23.1. The van der Waals surface area contributed by atoms with E-state index in [1.807, 2.05) is 6.92 Å². The number of methoxy groups -OCH3 is 2. The van der Waals surface area contributed by atoms with Gasteiger partial charge in [-0.15, -0.1) is 10.2 Å². The van der Waals surface area contributed by atoms with Crippen molar-refractivity contribution in [1.29, 1.82) is 0 Å². The average Bonchev–Trinajstić information content (AvgIpc) is 3.41. The Morgan fingerprint density at radius 1 is 1.07 bits per heavy atom. The molecule has 11 heteroatoms. The van der Waals surface area contributed by atoms with Gasteiger partial charge < -0.3 is 29.3 Å². The molecule has 0 bridgehead atoms. The third kappa shape index (κ3) is 5.81. The standard InChI is InChI=1S/C29H31ClN4O6/c1-5-6-12-20-23(24-21(38-3)13-9-14-22(24)39-4)26(36)25(27(37)32-20)29-34-33-28(40-29)18(15-31-16(2)35)17-10-7-8-11-19(17)30/h7-11,13-14,18H,5-6,12,15H2,1-4H3,(H,31,35)(H2,32,36,37). The van der Waals surface area contributed by atoms with Crippen molar-refractivity contribution in [2.75, 3.05) is 20.8 Å². The highest BCUT2D eigenvalue weighted by Gasteiger charge is 2.29. The van der Waals surface area contributed by atoms with Gasteiger partial charge in [0.05, 0.1) is 31.3 Å². The van der Waals surface area contributed by atoms with Crippen LogP contribution in [0.25, 0.3) is 22.6 Å². The summed E-state index contributed by atoms with van der Waals surface area (Å²) in [5.74, 6) is -0.366. The first kappa shape index (κ1) is 28.7. The van der Waals surface area contributed by atoms with Crippen LogP contribution in [0, 0.1) is 0 Å². The van der Waals surface area contributed by atoms with Crippen LogP contribution in [-0.4, -0.2) is 47.0 Å². The van der Waals surface area contributed by atoms with Gasteiger partial charge >= 0.3 is 0 Å². The maximum Gasteiger partial charge on any atom is 0.264 e. The number of unbranched alkanes of at least 4 members (excludes halogenated alkanes) is 1. The van der Waals surface area contributed by atoms with Gasteiger partial charge in [-0.25, -0.2) is 0 Å². The number of aromatic hydroxyl groups is 1. The van der Waals surface area contributed by atoms with Gasteiger partial charge in [0.15, 0.2) is 0 Å². The second-order valence-corrected chi connectivity index (χ2v) is 9.54. The molecule has 1 amide bonds. The van der Waals surface area contributed by atoms with Crippen molar-refractivity contribution in [3.8, 4) is 39.8 Å². The molecule has 1 atom stereocenters. The van der Waals surface area contributed by atoms with Crippen molar-refractivity contribution in [3.63, 3.8) is 0 Å². The normalized spacial score (nSPS) is 11.7. The van der Waals surface area contributed by atoms with Crippen molar-refractivity contribution in [1.82, 2.24) is 20.5 Å². The number of hydrogen-bond donors (Lipinski definition) is 3. The number of carbonyl (C=O) groups excluding carboxylic acids is 1. The Hall–Kier alpha value is -4.31.